The van der Waals surface area contributed by atoms with Crippen LogP contribution in [-0.2, 0) is 33.8 Å². The maximum atomic E-state index is 13.8. The number of aromatic nitrogens is 3. The molecule has 0 saturated heterocycles. The summed E-state index contributed by atoms with van der Waals surface area (Å²) >= 11 is 6.54. The lowest BCUT2D eigenvalue weighted by Crippen LogP contribution is -2.50. The van der Waals surface area contributed by atoms with Gasteiger partial charge in [0.25, 0.3) is 0 Å². The van der Waals surface area contributed by atoms with Gasteiger partial charge in [-0.25, -0.2) is 9.67 Å². The van der Waals surface area contributed by atoms with E-state index in [0.29, 0.717) is 54.7 Å². The molecule has 10 nitrogen and oxygen atoms in total. The second kappa shape index (κ2) is 13.9. The predicted molar refractivity (Wildman–Crippen MR) is 173 cm³/mol. The van der Waals surface area contributed by atoms with Crippen molar-refractivity contribution >= 4 is 40.3 Å². The topological polar surface area (TPSA) is 122 Å². The largest absolute Gasteiger partial charge is 0.464 e. The van der Waals surface area contributed by atoms with Crippen molar-refractivity contribution in [3.8, 4) is 0 Å². The van der Waals surface area contributed by atoms with Crippen LogP contribution in [0.4, 0.5) is 0 Å². The minimum atomic E-state index is -0.771. The van der Waals surface area contributed by atoms with Crippen molar-refractivity contribution in [3.63, 3.8) is 0 Å². The van der Waals surface area contributed by atoms with E-state index in [0.717, 1.165) is 27.6 Å². The van der Waals surface area contributed by atoms with E-state index in [1.54, 1.807) is 15.8 Å². The maximum Gasteiger partial charge on any atom is 0.243 e. The molecule has 0 spiro atoms. The van der Waals surface area contributed by atoms with Crippen LogP contribution in [0.15, 0.2) is 47.1 Å². The monoisotopic (exact) mass is 632 g/mol. The van der Waals surface area contributed by atoms with Gasteiger partial charge >= 0.3 is 0 Å². The third kappa shape index (κ3) is 7.39. The zero-order valence-electron chi connectivity index (χ0n) is 26.5. The van der Waals surface area contributed by atoms with E-state index >= 15 is 0 Å². The number of rotatable bonds is 5. The van der Waals surface area contributed by atoms with Gasteiger partial charge in [-0.05, 0) is 55.9 Å². The Kier molecular flexibility index (Phi) is 9.92. The van der Waals surface area contributed by atoms with Crippen molar-refractivity contribution in [2.75, 3.05) is 13.1 Å². The number of nitrogens with one attached hydrogen (secondary N) is 2. The van der Waals surface area contributed by atoms with E-state index in [9.17, 15) is 14.4 Å². The summed E-state index contributed by atoms with van der Waals surface area (Å²) in [5.74, 6) is 0.584. The number of furan rings is 1. The number of fused-ring (bicyclic) bond motifs is 2. The number of hydrogen-bond donors (Lipinski definition) is 2. The van der Waals surface area contributed by atoms with Gasteiger partial charge in [0.2, 0.25) is 17.7 Å². The van der Waals surface area contributed by atoms with E-state index in [1.807, 2.05) is 71.0 Å². The van der Waals surface area contributed by atoms with Gasteiger partial charge in [-0.3, -0.25) is 14.4 Å². The molecule has 0 radical (unpaired) electrons. The molecule has 2 aromatic heterocycles. The molecule has 0 aliphatic carbocycles. The van der Waals surface area contributed by atoms with Crippen LogP contribution in [0, 0.1) is 26.7 Å². The van der Waals surface area contributed by atoms with Crippen molar-refractivity contribution in [2.45, 2.75) is 78.9 Å². The molecule has 0 unspecified atom stereocenters. The fourth-order valence-corrected chi connectivity index (χ4v) is 6.14. The fraction of sp³-hybridized carbons (Fsp3) is 0.441. The van der Waals surface area contributed by atoms with Gasteiger partial charge in [0.05, 0.1) is 25.3 Å². The number of carbonyl (C=O) groups is 3. The van der Waals surface area contributed by atoms with Crippen LogP contribution in [0.2, 0.25) is 5.02 Å². The summed E-state index contributed by atoms with van der Waals surface area (Å²) in [5.41, 5.74) is 4.22. The van der Waals surface area contributed by atoms with Crippen LogP contribution in [0.25, 0.3) is 11.0 Å². The van der Waals surface area contributed by atoms with Crippen LogP contribution in [0.5, 0.6) is 0 Å². The van der Waals surface area contributed by atoms with Crippen LogP contribution < -0.4 is 10.6 Å². The normalized spacial score (nSPS) is 18.4. The zero-order valence-corrected chi connectivity index (χ0v) is 27.3. The molecule has 238 valence electrons. The number of halogens is 1. The molecular weight excluding hydrogens is 592 g/mol. The first kappa shape index (κ1) is 32.2. The standard InChI is InChI=1S/C34H41ClN6O4/c1-20(2)32-33-36-23(5)39-41(33)15-14-40(29(43)18-25-19-45-27-16-21(3)31(35)22(4)30(25)27)13-9-12-28(42)37-26(34(44)38-32)17-24-10-7-6-8-11-24/h6-8,10-11,16,19-20,26,32H,9,12-15,17-18H2,1-5H3,(H,37,42)(H,38,44)/t26-,32+/m0/s1. The Labute approximate surface area is 268 Å². The molecule has 1 aliphatic heterocycles. The molecule has 11 heteroatoms. The quantitative estimate of drug-likeness (QED) is 0.319. The molecule has 0 fully saturated rings. The van der Waals surface area contributed by atoms with Gasteiger partial charge in [-0.1, -0.05) is 55.8 Å². The first-order valence-electron chi connectivity index (χ1n) is 15.5. The second-order valence-electron chi connectivity index (χ2n) is 12.2. The highest BCUT2D eigenvalue weighted by Gasteiger charge is 2.30. The molecule has 5 rings (SSSR count). The van der Waals surface area contributed by atoms with Crippen LogP contribution >= 0.6 is 11.6 Å². The maximum absolute atomic E-state index is 13.8. The third-order valence-corrected chi connectivity index (χ3v) is 8.97. The Morgan fingerprint density at radius 3 is 2.58 bits per heavy atom. The number of aryl methyl sites for hydroxylation is 3. The minimum Gasteiger partial charge on any atom is -0.464 e. The van der Waals surface area contributed by atoms with Crippen molar-refractivity contribution in [2.24, 2.45) is 5.92 Å². The molecule has 2 atom stereocenters. The molecule has 2 aromatic carbocycles. The zero-order chi connectivity index (χ0) is 32.2. The molecule has 0 bridgehead atoms. The smallest absolute Gasteiger partial charge is 0.243 e. The Morgan fingerprint density at radius 1 is 1.09 bits per heavy atom. The molecule has 45 heavy (non-hydrogen) atoms. The number of benzene rings is 2. The molecule has 3 amide bonds. The van der Waals surface area contributed by atoms with E-state index in [4.69, 9.17) is 21.0 Å². The van der Waals surface area contributed by atoms with Crippen molar-refractivity contribution in [3.05, 3.63) is 81.6 Å². The Hall–Kier alpha value is -4.18. The van der Waals surface area contributed by atoms with Crippen molar-refractivity contribution in [1.29, 1.82) is 0 Å². The van der Waals surface area contributed by atoms with Gasteiger partial charge in [0, 0.05) is 41.9 Å². The summed E-state index contributed by atoms with van der Waals surface area (Å²) in [7, 11) is 0. The average molecular weight is 633 g/mol. The Morgan fingerprint density at radius 2 is 1.84 bits per heavy atom. The predicted octanol–water partition coefficient (Wildman–Crippen LogP) is 5.01. The lowest BCUT2D eigenvalue weighted by atomic mass is 10.0. The van der Waals surface area contributed by atoms with E-state index < -0.39 is 12.1 Å². The first-order chi connectivity index (χ1) is 21.5. The highest BCUT2D eigenvalue weighted by Crippen LogP contribution is 2.33. The lowest BCUT2D eigenvalue weighted by molar-refractivity contribution is -0.131. The summed E-state index contributed by atoms with van der Waals surface area (Å²) in [6.07, 6.45) is 2.72. The van der Waals surface area contributed by atoms with Gasteiger partial charge in [-0.15, -0.1) is 0 Å². The average Bonchev–Trinajstić information content (AvgIpc) is 3.57. The van der Waals surface area contributed by atoms with E-state index in [1.165, 1.54) is 0 Å². The fourth-order valence-electron chi connectivity index (χ4n) is 6.00. The number of nitrogens with zero attached hydrogens (tertiary/aromatic N) is 4. The third-order valence-electron chi connectivity index (χ3n) is 8.38. The highest BCUT2D eigenvalue weighted by atomic mass is 35.5. The summed E-state index contributed by atoms with van der Waals surface area (Å²) in [4.78, 5) is 47.1. The van der Waals surface area contributed by atoms with Crippen LogP contribution in [0.3, 0.4) is 0 Å². The lowest BCUT2D eigenvalue weighted by Gasteiger charge is -2.28. The molecule has 0 saturated carbocycles. The van der Waals surface area contributed by atoms with Crippen molar-refractivity contribution in [1.82, 2.24) is 30.3 Å². The first-order valence-corrected chi connectivity index (χ1v) is 15.9. The highest BCUT2D eigenvalue weighted by molar-refractivity contribution is 6.33. The molecule has 4 aromatic rings. The van der Waals surface area contributed by atoms with Gasteiger partial charge in [-0.2, -0.15) is 5.10 Å². The van der Waals surface area contributed by atoms with Gasteiger partial charge < -0.3 is 20.0 Å². The SMILES string of the molecule is Cc1nc2n(n1)CCN(C(=O)Cc1coc3cc(C)c(Cl)c(C)c13)CCCC(=O)N[C@@H](Cc1ccccc1)C(=O)N[C@@H]2C(C)C. The Balaban J connectivity index is 1.43. The number of amides is 3. The second-order valence-corrected chi connectivity index (χ2v) is 12.6. The summed E-state index contributed by atoms with van der Waals surface area (Å²) in [5, 5.41) is 12.2. The molecule has 1 aliphatic rings. The minimum absolute atomic E-state index is 0.0110. The number of hydrogen-bond acceptors (Lipinski definition) is 6. The van der Waals surface area contributed by atoms with Gasteiger partial charge in [0.1, 0.15) is 23.3 Å². The number of carbonyl (C=O) groups excluding carboxylic acids is 3. The van der Waals surface area contributed by atoms with Crippen molar-refractivity contribution < 1.29 is 18.8 Å². The Bertz CT molecular complexity index is 1700. The summed E-state index contributed by atoms with van der Waals surface area (Å²) in [6.45, 7) is 10.8. The molecule has 2 N–H and O–H groups in total. The van der Waals surface area contributed by atoms with Gasteiger partial charge in [0.15, 0.2) is 0 Å². The summed E-state index contributed by atoms with van der Waals surface area (Å²) < 4.78 is 7.60. The van der Waals surface area contributed by atoms with Crippen LogP contribution in [-0.4, -0.2) is 56.5 Å². The summed E-state index contributed by atoms with van der Waals surface area (Å²) in [6, 6.07) is 10.3. The molecule has 3 heterocycles. The molecular formula is C34H41ClN6O4. The van der Waals surface area contributed by atoms with E-state index in [2.05, 4.69) is 15.7 Å². The van der Waals surface area contributed by atoms with Crippen LogP contribution in [0.1, 0.15) is 66.6 Å². The van der Waals surface area contributed by atoms with E-state index in [-0.39, 0.29) is 36.5 Å².